The molecule has 0 spiro atoms. The predicted molar refractivity (Wildman–Crippen MR) is 111 cm³/mol. The van der Waals surface area contributed by atoms with Crippen molar-refractivity contribution in [2.24, 2.45) is 0 Å². The molecular formula is C20H22N6O2. The van der Waals surface area contributed by atoms with Gasteiger partial charge in [0.1, 0.15) is 0 Å². The minimum absolute atomic E-state index is 0. The molecule has 3 N–H and O–H groups in total. The Morgan fingerprint density at radius 1 is 1.04 bits per heavy atom. The van der Waals surface area contributed by atoms with Crippen molar-refractivity contribution in [3.8, 4) is 34.3 Å². The van der Waals surface area contributed by atoms with Crippen molar-refractivity contribution in [3.05, 3.63) is 60.8 Å². The van der Waals surface area contributed by atoms with Gasteiger partial charge in [0.05, 0.1) is 17.6 Å². The van der Waals surface area contributed by atoms with E-state index in [2.05, 4.69) is 25.5 Å². The van der Waals surface area contributed by atoms with Crippen LogP contribution in [-0.4, -0.2) is 26.1 Å². The molecule has 1 amide bonds. The van der Waals surface area contributed by atoms with Crippen LogP contribution in [0.2, 0.25) is 0 Å². The first-order valence-electron chi connectivity index (χ1n) is 8.50. The Labute approximate surface area is 164 Å². The third-order valence-corrected chi connectivity index (χ3v) is 3.96. The number of carbonyl (C=O) groups is 1. The summed E-state index contributed by atoms with van der Waals surface area (Å²) in [6.45, 7) is 1.44. The molecule has 4 aromatic rings. The number of hydrogen-bond donors (Lipinski definition) is 2. The molecule has 0 unspecified atom stereocenters. The summed E-state index contributed by atoms with van der Waals surface area (Å²) in [6.07, 6.45) is 1.54. The lowest BCUT2D eigenvalue weighted by Gasteiger charge is -2.10. The lowest BCUT2D eigenvalue weighted by Crippen LogP contribution is -2.07. The van der Waals surface area contributed by atoms with Crippen molar-refractivity contribution in [2.75, 3.05) is 11.1 Å². The second-order valence-corrected chi connectivity index (χ2v) is 5.99. The van der Waals surface area contributed by atoms with Crippen molar-refractivity contribution < 1.29 is 13.5 Å². The summed E-state index contributed by atoms with van der Waals surface area (Å²) in [5.41, 5.74) is 8.91. The zero-order chi connectivity index (χ0) is 19.5. The molecule has 4 rings (SSSR count). The standard InChI is InChI=1S/C20H16N6O2.3H2/c1-12(27)23-15-10-6-5-9-14(15)16-11-22-18(21)17(24-16)20-26-25-19(28-20)13-7-3-2-4-8-13;;;/h2-11H,1H3,(H2,21,22)(H,23,27);3*1H. The third-order valence-electron chi connectivity index (χ3n) is 3.96. The first-order chi connectivity index (χ1) is 13.6. The number of hydrogen-bond acceptors (Lipinski definition) is 7. The van der Waals surface area contributed by atoms with Crippen molar-refractivity contribution in [3.63, 3.8) is 0 Å². The largest absolute Gasteiger partial charge is 0.414 e. The summed E-state index contributed by atoms with van der Waals surface area (Å²) in [6, 6.07) is 16.7. The van der Waals surface area contributed by atoms with Gasteiger partial charge in [-0.15, -0.1) is 10.2 Å². The molecular weight excluding hydrogens is 356 g/mol. The molecule has 0 saturated heterocycles. The van der Waals surface area contributed by atoms with Gasteiger partial charge in [-0.3, -0.25) is 4.79 Å². The molecule has 0 aliphatic carbocycles. The van der Waals surface area contributed by atoms with Crippen molar-refractivity contribution in [1.29, 1.82) is 0 Å². The van der Waals surface area contributed by atoms with E-state index in [0.29, 0.717) is 22.8 Å². The molecule has 28 heavy (non-hydrogen) atoms. The van der Waals surface area contributed by atoms with Crippen LogP contribution in [0, 0.1) is 0 Å². The molecule has 0 saturated carbocycles. The van der Waals surface area contributed by atoms with Gasteiger partial charge in [-0.05, 0) is 18.2 Å². The topological polar surface area (TPSA) is 120 Å². The van der Waals surface area contributed by atoms with E-state index in [1.54, 1.807) is 6.07 Å². The van der Waals surface area contributed by atoms with Crippen LogP contribution >= 0.6 is 0 Å². The molecule has 0 radical (unpaired) electrons. The number of carbonyl (C=O) groups excluding carboxylic acids is 1. The van der Waals surface area contributed by atoms with Crippen LogP contribution in [0.1, 0.15) is 11.2 Å². The predicted octanol–water partition coefficient (Wildman–Crippen LogP) is 4.14. The van der Waals surface area contributed by atoms with Crippen molar-refractivity contribution in [2.45, 2.75) is 6.92 Å². The number of nitrogen functional groups attached to an aromatic ring is 1. The van der Waals surface area contributed by atoms with E-state index in [4.69, 9.17) is 10.2 Å². The average Bonchev–Trinajstić information content (AvgIpc) is 3.19. The molecule has 0 aliphatic rings. The Morgan fingerprint density at radius 2 is 1.75 bits per heavy atom. The molecule has 8 nitrogen and oxygen atoms in total. The fourth-order valence-electron chi connectivity index (χ4n) is 2.71. The van der Waals surface area contributed by atoms with E-state index in [1.165, 1.54) is 13.1 Å². The van der Waals surface area contributed by atoms with Crippen LogP contribution in [0.4, 0.5) is 11.5 Å². The number of nitrogens with one attached hydrogen (secondary N) is 1. The molecule has 0 aliphatic heterocycles. The number of aromatic nitrogens is 4. The fraction of sp³-hybridized carbons (Fsp3) is 0.0500. The highest BCUT2D eigenvalue weighted by Crippen LogP contribution is 2.30. The molecule has 2 aromatic carbocycles. The third kappa shape index (κ3) is 3.43. The van der Waals surface area contributed by atoms with Crippen LogP contribution in [0.25, 0.3) is 34.3 Å². The smallest absolute Gasteiger partial charge is 0.270 e. The Bertz CT molecular complexity index is 1150. The van der Waals surface area contributed by atoms with Crippen molar-refractivity contribution in [1.82, 2.24) is 20.2 Å². The molecule has 0 atom stereocenters. The minimum atomic E-state index is -0.180. The summed E-state index contributed by atoms with van der Waals surface area (Å²) in [5, 5.41) is 10.9. The number of nitrogens with two attached hydrogens (primary N) is 1. The highest BCUT2D eigenvalue weighted by atomic mass is 16.4. The van der Waals surface area contributed by atoms with Gasteiger partial charge in [0.25, 0.3) is 5.89 Å². The first-order valence-corrected chi connectivity index (χ1v) is 8.50. The van der Waals surface area contributed by atoms with Gasteiger partial charge >= 0.3 is 0 Å². The second kappa shape index (κ2) is 7.28. The maximum Gasteiger partial charge on any atom is 0.270 e. The van der Waals surface area contributed by atoms with E-state index < -0.39 is 0 Å². The highest BCUT2D eigenvalue weighted by molar-refractivity contribution is 5.93. The van der Waals surface area contributed by atoms with E-state index in [-0.39, 0.29) is 27.6 Å². The molecule has 2 heterocycles. The number of anilines is 2. The summed E-state index contributed by atoms with van der Waals surface area (Å²) >= 11 is 0. The second-order valence-electron chi connectivity index (χ2n) is 5.99. The Kier molecular flexibility index (Phi) is 4.51. The average molecular weight is 378 g/mol. The fourth-order valence-corrected chi connectivity index (χ4v) is 2.71. The normalized spacial score (nSPS) is 10.6. The molecule has 144 valence electrons. The van der Waals surface area contributed by atoms with E-state index in [0.717, 1.165) is 5.56 Å². The summed E-state index contributed by atoms with van der Waals surface area (Å²) in [4.78, 5) is 20.2. The lowest BCUT2D eigenvalue weighted by atomic mass is 10.1. The van der Waals surface area contributed by atoms with Gasteiger partial charge in [0, 0.05) is 22.3 Å². The summed E-state index contributed by atoms with van der Waals surface area (Å²) in [5.74, 6) is 0.521. The van der Waals surface area contributed by atoms with Gasteiger partial charge < -0.3 is 15.5 Å². The van der Waals surface area contributed by atoms with E-state index in [9.17, 15) is 4.79 Å². The van der Waals surface area contributed by atoms with Gasteiger partial charge in [-0.25, -0.2) is 9.97 Å². The number of benzene rings is 2. The van der Waals surface area contributed by atoms with Crippen molar-refractivity contribution >= 4 is 17.4 Å². The Morgan fingerprint density at radius 3 is 2.54 bits per heavy atom. The molecule has 0 fully saturated rings. The molecule has 8 heteroatoms. The minimum Gasteiger partial charge on any atom is -0.414 e. The van der Waals surface area contributed by atoms with Gasteiger partial charge in [-0.1, -0.05) is 36.4 Å². The molecule has 0 bridgehead atoms. The SMILES string of the molecule is CC(=O)Nc1ccccc1-c1cnc(N)c(-c2nnc(-c3ccccc3)o2)n1.[HH].[HH].[HH]. The van der Waals surface area contributed by atoms with Crippen LogP contribution in [0.3, 0.4) is 0 Å². The van der Waals surface area contributed by atoms with Gasteiger partial charge in [0.15, 0.2) is 11.5 Å². The monoisotopic (exact) mass is 378 g/mol. The zero-order valence-corrected chi connectivity index (χ0v) is 15.0. The van der Waals surface area contributed by atoms with E-state index in [1.807, 2.05) is 48.5 Å². The van der Waals surface area contributed by atoms with Crippen LogP contribution < -0.4 is 11.1 Å². The number of rotatable bonds is 4. The Hall–Kier alpha value is -4.07. The van der Waals surface area contributed by atoms with Crippen LogP contribution in [-0.2, 0) is 4.79 Å². The highest BCUT2D eigenvalue weighted by Gasteiger charge is 2.17. The molecule has 2 aromatic heterocycles. The van der Waals surface area contributed by atoms with Crippen LogP contribution in [0.5, 0.6) is 0 Å². The van der Waals surface area contributed by atoms with Gasteiger partial charge in [-0.2, -0.15) is 0 Å². The number of nitrogens with zero attached hydrogens (tertiary/aromatic N) is 4. The number of para-hydroxylation sites is 1. The van der Waals surface area contributed by atoms with Gasteiger partial charge in [0.2, 0.25) is 11.8 Å². The maximum absolute atomic E-state index is 11.5. The van der Waals surface area contributed by atoms with E-state index >= 15 is 0 Å². The summed E-state index contributed by atoms with van der Waals surface area (Å²) < 4.78 is 5.75. The maximum atomic E-state index is 11.5. The zero-order valence-electron chi connectivity index (χ0n) is 15.0. The first kappa shape index (κ1) is 17.3. The quantitative estimate of drug-likeness (QED) is 0.547. The van der Waals surface area contributed by atoms with Crippen LogP contribution in [0.15, 0.2) is 65.2 Å². The number of amides is 1. The lowest BCUT2D eigenvalue weighted by molar-refractivity contribution is -0.114. The Balaban J connectivity index is 0.00000160. The summed E-state index contributed by atoms with van der Waals surface area (Å²) in [7, 11) is 0.